The van der Waals surface area contributed by atoms with Gasteiger partial charge in [-0.1, -0.05) is 11.3 Å². The smallest absolute Gasteiger partial charge is 0.260 e. The van der Waals surface area contributed by atoms with Gasteiger partial charge in [0.25, 0.3) is 5.91 Å². The fourth-order valence-corrected chi connectivity index (χ4v) is 6.46. The predicted molar refractivity (Wildman–Crippen MR) is 146 cm³/mol. The monoisotopic (exact) mass is 546 g/mol. The Morgan fingerprint density at radius 1 is 1.14 bits per heavy atom. The first-order valence-electron chi connectivity index (χ1n) is 12.3. The molecule has 200 valence electrons. The van der Waals surface area contributed by atoms with Crippen LogP contribution in [0.15, 0.2) is 47.4 Å². The molecule has 11 heteroatoms. The number of methoxy groups -OCH3 is 1. The first-order valence-corrected chi connectivity index (χ1v) is 14.5. The van der Waals surface area contributed by atoms with Crippen molar-refractivity contribution in [3.05, 3.63) is 48.0 Å². The number of benzene rings is 2. The summed E-state index contributed by atoms with van der Waals surface area (Å²) < 4.78 is 39.3. The molecule has 1 aliphatic heterocycles. The highest BCUT2D eigenvalue weighted by atomic mass is 32.2. The predicted octanol–water partition coefficient (Wildman–Crippen LogP) is 3.70. The minimum Gasteiger partial charge on any atom is -0.497 e. The Bertz CT molecular complexity index is 1320. The summed E-state index contributed by atoms with van der Waals surface area (Å²) in [7, 11) is 3.47. The van der Waals surface area contributed by atoms with Gasteiger partial charge in [-0.25, -0.2) is 13.4 Å². The van der Waals surface area contributed by atoms with Gasteiger partial charge in [-0.3, -0.25) is 9.69 Å². The SMILES string of the molecule is COc1ccc2nc(N(CCCN(C)C)C(=O)c3ccc(S(=O)(=O)N(C)CC4CCCO4)cc3)sc2c1. The molecule has 1 amide bonds. The third-order valence-corrected chi connectivity index (χ3v) is 9.22. The van der Waals surface area contributed by atoms with Gasteiger partial charge in [0.2, 0.25) is 10.0 Å². The molecular weight excluding hydrogens is 512 g/mol. The molecule has 2 heterocycles. The summed E-state index contributed by atoms with van der Waals surface area (Å²) in [6.07, 6.45) is 2.49. The van der Waals surface area contributed by atoms with Gasteiger partial charge in [0.05, 0.1) is 28.3 Å². The van der Waals surface area contributed by atoms with Crippen LogP contribution in [-0.2, 0) is 14.8 Å². The lowest BCUT2D eigenvalue weighted by atomic mass is 10.2. The molecule has 0 saturated carbocycles. The van der Waals surface area contributed by atoms with Crippen LogP contribution < -0.4 is 9.64 Å². The molecule has 1 saturated heterocycles. The molecule has 0 aliphatic carbocycles. The van der Waals surface area contributed by atoms with Crippen LogP contribution >= 0.6 is 11.3 Å². The zero-order valence-electron chi connectivity index (χ0n) is 21.7. The van der Waals surface area contributed by atoms with Crippen molar-refractivity contribution < 1.29 is 22.7 Å². The molecule has 0 bridgehead atoms. The number of likely N-dealkylation sites (N-methyl/N-ethyl adjacent to an activating group) is 1. The van der Waals surface area contributed by atoms with Crippen molar-refractivity contribution in [2.24, 2.45) is 0 Å². The average molecular weight is 547 g/mol. The Morgan fingerprint density at radius 3 is 2.54 bits per heavy atom. The number of hydrogen-bond donors (Lipinski definition) is 0. The lowest BCUT2D eigenvalue weighted by Gasteiger charge is -2.22. The molecular formula is C26H34N4O5S2. The molecule has 1 atom stereocenters. The van der Waals surface area contributed by atoms with Crippen LogP contribution in [0.2, 0.25) is 0 Å². The molecule has 4 rings (SSSR count). The number of carbonyl (C=O) groups is 1. The van der Waals surface area contributed by atoms with Crippen molar-refractivity contribution in [1.82, 2.24) is 14.2 Å². The van der Waals surface area contributed by atoms with Gasteiger partial charge in [0.1, 0.15) is 5.75 Å². The maximum atomic E-state index is 13.6. The van der Waals surface area contributed by atoms with E-state index in [4.69, 9.17) is 14.5 Å². The minimum atomic E-state index is -3.69. The number of carbonyl (C=O) groups excluding carboxylic acids is 1. The van der Waals surface area contributed by atoms with Crippen molar-refractivity contribution in [3.8, 4) is 5.75 Å². The summed E-state index contributed by atoms with van der Waals surface area (Å²) in [4.78, 5) is 22.2. The number of hydrogen-bond acceptors (Lipinski definition) is 8. The maximum absolute atomic E-state index is 13.6. The van der Waals surface area contributed by atoms with Crippen LogP contribution in [0.3, 0.4) is 0 Å². The average Bonchev–Trinajstić information content (AvgIpc) is 3.55. The second-order valence-corrected chi connectivity index (χ2v) is 12.4. The molecule has 3 aromatic rings. The quantitative estimate of drug-likeness (QED) is 0.362. The van der Waals surface area contributed by atoms with E-state index in [1.54, 1.807) is 31.2 Å². The minimum absolute atomic E-state index is 0.0786. The number of sulfonamides is 1. The van der Waals surface area contributed by atoms with E-state index in [1.165, 1.54) is 27.8 Å². The Kier molecular flexibility index (Phi) is 8.81. The number of anilines is 1. The third-order valence-electron chi connectivity index (χ3n) is 6.34. The summed E-state index contributed by atoms with van der Waals surface area (Å²) in [5.74, 6) is 0.510. The van der Waals surface area contributed by atoms with Crippen LogP contribution in [-0.4, -0.2) is 89.1 Å². The van der Waals surface area contributed by atoms with Crippen LogP contribution in [0.5, 0.6) is 5.75 Å². The molecule has 1 fully saturated rings. The Balaban J connectivity index is 1.56. The number of thiazole rings is 1. The highest BCUT2D eigenvalue weighted by Gasteiger charge is 2.27. The normalized spacial score (nSPS) is 16.1. The Morgan fingerprint density at radius 2 is 1.89 bits per heavy atom. The van der Waals surface area contributed by atoms with Gasteiger partial charge in [-0.2, -0.15) is 4.31 Å². The lowest BCUT2D eigenvalue weighted by molar-refractivity contribution is 0.0978. The van der Waals surface area contributed by atoms with Gasteiger partial charge >= 0.3 is 0 Å². The van der Waals surface area contributed by atoms with Crippen molar-refractivity contribution in [2.75, 3.05) is 59.4 Å². The number of nitrogens with zero attached hydrogens (tertiary/aromatic N) is 4. The second kappa shape index (κ2) is 11.9. The van der Waals surface area contributed by atoms with E-state index in [1.807, 2.05) is 32.3 Å². The summed E-state index contributed by atoms with van der Waals surface area (Å²) >= 11 is 1.43. The highest BCUT2D eigenvalue weighted by Crippen LogP contribution is 2.32. The summed E-state index contributed by atoms with van der Waals surface area (Å²) in [5.41, 5.74) is 1.20. The van der Waals surface area contributed by atoms with Gasteiger partial charge in [0.15, 0.2) is 5.13 Å². The summed E-state index contributed by atoms with van der Waals surface area (Å²) in [5, 5.41) is 0.597. The molecule has 0 spiro atoms. The fourth-order valence-electron chi connectivity index (χ4n) is 4.24. The molecule has 2 aromatic carbocycles. The zero-order chi connectivity index (χ0) is 26.6. The lowest BCUT2D eigenvalue weighted by Crippen LogP contribution is -2.34. The zero-order valence-corrected chi connectivity index (χ0v) is 23.3. The van der Waals surface area contributed by atoms with Crippen molar-refractivity contribution in [1.29, 1.82) is 0 Å². The number of amides is 1. The van der Waals surface area contributed by atoms with Crippen molar-refractivity contribution in [2.45, 2.75) is 30.3 Å². The van der Waals surface area contributed by atoms with E-state index in [0.717, 1.165) is 41.8 Å². The van der Waals surface area contributed by atoms with E-state index >= 15 is 0 Å². The maximum Gasteiger partial charge on any atom is 0.260 e. The molecule has 1 aromatic heterocycles. The molecule has 1 unspecified atom stereocenters. The number of rotatable bonds is 11. The van der Waals surface area contributed by atoms with E-state index in [9.17, 15) is 13.2 Å². The molecule has 0 N–H and O–H groups in total. The highest BCUT2D eigenvalue weighted by molar-refractivity contribution is 7.89. The third kappa shape index (κ3) is 6.47. The van der Waals surface area contributed by atoms with E-state index in [2.05, 4.69) is 4.90 Å². The van der Waals surface area contributed by atoms with Crippen molar-refractivity contribution in [3.63, 3.8) is 0 Å². The number of aromatic nitrogens is 1. The largest absolute Gasteiger partial charge is 0.497 e. The molecule has 37 heavy (non-hydrogen) atoms. The van der Waals surface area contributed by atoms with Gasteiger partial charge in [0, 0.05) is 32.3 Å². The number of ether oxygens (including phenoxy) is 2. The van der Waals surface area contributed by atoms with Crippen LogP contribution in [0.4, 0.5) is 5.13 Å². The molecule has 1 aliphatic rings. The van der Waals surface area contributed by atoms with E-state index < -0.39 is 10.0 Å². The topological polar surface area (TPSA) is 92.3 Å². The first-order chi connectivity index (χ1) is 17.7. The van der Waals surface area contributed by atoms with Gasteiger partial charge < -0.3 is 14.4 Å². The molecule has 9 nitrogen and oxygen atoms in total. The van der Waals surface area contributed by atoms with Gasteiger partial charge in [-0.15, -0.1) is 0 Å². The fraction of sp³-hybridized carbons (Fsp3) is 0.462. The van der Waals surface area contributed by atoms with Crippen LogP contribution in [0.25, 0.3) is 10.2 Å². The Hall–Kier alpha value is -2.57. The Labute approximate surface area is 222 Å². The summed E-state index contributed by atoms with van der Waals surface area (Å²) in [6, 6.07) is 11.8. The molecule has 0 radical (unpaired) electrons. The van der Waals surface area contributed by atoms with Crippen molar-refractivity contribution >= 4 is 42.6 Å². The standard InChI is InChI=1S/C26H34N4O5S2/c1-28(2)14-6-15-30(26-27-23-13-10-20(34-4)17-24(23)36-26)25(31)19-8-11-22(12-9-19)37(32,33)29(3)18-21-7-5-16-35-21/h8-13,17,21H,5-7,14-16,18H2,1-4H3. The second-order valence-electron chi connectivity index (χ2n) is 9.39. The summed E-state index contributed by atoms with van der Waals surface area (Å²) in [6.45, 7) is 2.28. The number of fused-ring (bicyclic) bond motifs is 1. The van der Waals surface area contributed by atoms with E-state index in [0.29, 0.717) is 30.4 Å². The van der Waals surface area contributed by atoms with E-state index in [-0.39, 0.29) is 16.9 Å². The van der Waals surface area contributed by atoms with Crippen LogP contribution in [0.1, 0.15) is 29.6 Å². The van der Waals surface area contributed by atoms with Crippen LogP contribution in [0, 0.1) is 0 Å². The van der Waals surface area contributed by atoms with Gasteiger partial charge in [-0.05, 0) is 82.4 Å². The first kappa shape index (κ1) is 27.5.